The van der Waals surface area contributed by atoms with Crippen molar-refractivity contribution < 1.29 is 0 Å². The summed E-state index contributed by atoms with van der Waals surface area (Å²) in [5.41, 5.74) is 0. The molecule has 0 radical (unpaired) electrons. The zero-order valence-corrected chi connectivity index (χ0v) is 20.3. The van der Waals surface area contributed by atoms with Gasteiger partial charge in [-0.2, -0.15) is 0 Å². The number of hydrogen-bond donors (Lipinski definition) is 0. The molecule has 25 heavy (non-hydrogen) atoms. The number of unbranched alkanes of at least 4 members (excludes halogenated alkanes) is 8. The van der Waals surface area contributed by atoms with E-state index in [-0.39, 0.29) is 0 Å². The fourth-order valence-corrected chi connectivity index (χ4v) is 12.3. The first-order valence-electron chi connectivity index (χ1n) is 11.7. The fourth-order valence-electron chi connectivity index (χ4n) is 3.83. The Hall–Kier alpha value is 0.860. The van der Waals surface area contributed by atoms with Gasteiger partial charge in [-0.25, -0.2) is 0 Å². The summed E-state index contributed by atoms with van der Waals surface area (Å²) in [6, 6.07) is 0. The minimum absolute atomic E-state index is 0.300. The van der Waals surface area contributed by atoms with Gasteiger partial charge in [-0.15, -0.1) is 0 Å². The van der Waals surface area contributed by atoms with Crippen LogP contribution in [0.15, 0.2) is 0 Å². The van der Waals surface area contributed by atoms with Crippen molar-refractivity contribution in [2.24, 2.45) is 0 Å². The molecule has 0 saturated heterocycles. The molecule has 0 heterocycles. The maximum Gasteiger partial charge on any atom is -0.000845 e. The summed E-state index contributed by atoms with van der Waals surface area (Å²) in [6.07, 6.45) is 25.3. The van der Waals surface area contributed by atoms with Gasteiger partial charge in [-0.1, -0.05) is 102 Å². The van der Waals surface area contributed by atoms with Gasteiger partial charge in [0.05, 0.1) is 0 Å². The SMILES string of the molecule is CCCCCP(CCCCC)C(CC)P(CCCCC)CCCCC. The second-order valence-electron chi connectivity index (χ2n) is 7.79. The third-order valence-corrected chi connectivity index (χ3v) is 13.3. The van der Waals surface area contributed by atoms with Crippen molar-refractivity contribution in [3.63, 3.8) is 0 Å². The molecule has 0 bridgehead atoms. The predicted molar refractivity (Wildman–Crippen MR) is 125 cm³/mol. The Labute approximate surface area is 164 Å². The molecule has 0 nitrogen and oxygen atoms in total. The van der Waals surface area contributed by atoms with Gasteiger partial charge in [0.2, 0.25) is 0 Å². The second-order valence-corrected chi connectivity index (χ2v) is 13.6. The summed E-state index contributed by atoms with van der Waals surface area (Å²) in [7, 11) is 0.601. The zero-order valence-electron chi connectivity index (χ0n) is 18.5. The summed E-state index contributed by atoms with van der Waals surface area (Å²) in [5.74, 6) is 0. The maximum atomic E-state index is 2.52. The molecule has 0 saturated carbocycles. The highest BCUT2D eigenvalue weighted by atomic mass is 31.2. The molecule has 0 aromatic carbocycles. The highest BCUT2D eigenvalue weighted by Crippen LogP contribution is 2.61. The van der Waals surface area contributed by atoms with Gasteiger partial charge < -0.3 is 0 Å². The van der Waals surface area contributed by atoms with Crippen molar-refractivity contribution in [3.8, 4) is 0 Å². The highest BCUT2D eigenvalue weighted by Gasteiger charge is 2.26. The molecule has 0 spiro atoms. The van der Waals surface area contributed by atoms with Crippen molar-refractivity contribution >= 4 is 15.8 Å². The molecule has 2 heteroatoms. The molecule has 0 aromatic rings. The summed E-state index contributed by atoms with van der Waals surface area (Å²) in [6.45, 7) is 12.0. The van der Waals surface area contributed by atoms with Crippen LogP contribution < -0.4 is 0 Å². The molecule has 0 aromatic heterocycles. The van der Waals surface area contributed by atoms with Crippen LogP contribution in [0.3, 0.4) is 0 Å². The zero-order chi connectivity index (χ0) is 18.8. The van der Waals surface area contributed by atoms with Crippen LogP contribution in [-0.2, 0) is 0 Å². The molecular formula is C23H50P2. The lowest BCUT2D eigenvalue weighted by molar-refractivity contribution is 0.752. The lowest BCUT2D eigenvalue weighted by Gasteiger charge is -2.35. The first kappa shape index (κ1) is 25.9. The predicted octanol–water partition coefficient (Wildman–Crippen LogP) is 9.45. The normalized spacial score (nSPS) is 12.0. The van der Waals surface area contributed by atoms with E-state index in [1.54, 1.807) is 24.6 Å². The molecule has 0 atom stereocenters. The Bertz CT molecular complexity index is 210. The quantitative estimate of drug-likeness (QED) is 0.153. The van der Waals surface area contributed by atoms with Gasteiger partial charge in [-0.3, -0.25) is 0 Å². The lowest BCUT2D eigenvalue weighted by Crippen LogP contribution is -2.12. The smallest absolute Gasteiger partial charge is 0.000845 e. The van der Waals surface area contributed by atoms with E-state index in [9.17, 15) is 0 Å². The second kappa shape index (κ2) is 19.6. The molecule has 0 aliphatic rings. The van der Waals surface area contributed by atoms with Crippen LogP contribution in [0, 0.1) is 0 Å². The Balaban J connectivity index is 4.83. The third kappa shape index (κ3) is 13.6. The first-order chi connectivity index (χ1) is 12.2. The van der Waals surface area contributed by atoms with E-state index in [4.69, 9.17) is 0 Å². The average Bonchev–Trinajstić information content (AvgIpc) is 2.62. The molecule has 0 amide bonds. The van der Waals surface area contributed by atoms with Gasteiger partial charge in [0.1, 0.15) is 0 Å². The van der Waals surface area contributed by atoms with Gasteiger partial charge >= 0.3 is 0 Å². The van der Waals surface area contributed by atoms with E-state index in [0.717, 1.165) is 5.40 Å². The van der Waals surface area contributed by atoms with E-state index in [1.807, 2.05) is 0 Å². The third-order valence-electron chi connectivity index (χ3n) is 5.40. The van der Waals surface area contributed by atoms with Crippen molar-refractivity contribution in [1.82, 2.24) is 0 Å². The molecule has 152 valence electrons. The molecule has 0 fully saturated rings. The van der Waals surface area contributed by atoms with Crippen LogP contribution in [0.2, 0.25) is 0 Å². The Morgan fingerprint density at radius 2 is 0.720 bits per heavy atom. The monoisotopic (exact) mass is 388 g/mol. The van der Waals surface area contributed by atoms with Crippen LogP contribution in [-0.4, -0.2) is 30.0 Å². The van der Waals surface area contributed by atoms with Crippen LogP contribution in [0.4, 0.5) is 0 Å². The Kier molecular flexibility index (Phi) is 20.3. The Morgan fingerprint density at radius 1 is 0.440 bits per heavy atom. The van der Waals surface area contributed by atoms with Crippen LogP contribution in [0.25, 0.3) is 0 Å². The van der Waals surface area contributed by atoms with Crippen molar-refractivity contribution in [2.45, 2.75) is 123 Å². The standard InChI is InChI=1S/C23H50P2/c1-6-11-15-19-24(20-16-12-7-2)23(10-5)25(21-17-13-8-3)22-18-14-9-4/h23H,6-22H2,1-5H3. The van der Waals surface area contributed by atoms with Gasteiger partial charge in [0.25, 0.3) is 0 Å². The largest absolute Gasteiger partial charge is 0.0991 e. The van der Waals surface area contributed by atoms with Crippen molar-refractivity contribution in [1.29, 1.82) is 0 Å². The molecular weight excluding hydrogens is 338 g/mol. The average molecular weight is 389 g/mol. The minimum Gasteiger partial charge on any atom is -0.0991 e. The van der Waals surface area contributed by atoms with E-state index < -0.39 is 0 Å². The van der Waals surface area contributed by atoms with E-state index >= 15 is 0 Å². The van der Waals surface area contributed by atoms with Crippen LogP contribution in [0.5, 0.6) is 0 Å². The molecule has 0 unspecified atom stereocenters. The summed E-state index contributed by atoms with van der Waals surface area (Å²) >= 11 is 0. The molecule has 0 aliphatic heterocycles. The summed E-state index contributed by atoms with van der Waals surface area (Å²) in [5, 5.41) is 1.13. The number of rotatable bonds is 19. The van der Waals surface area contributed by atoms with Crippen molar-refractivity contribution in [2.75, 3.05) is 24.6 Å². The van der Waals surface area contributed by atoms with E-state index in [1.165, 1.54) is 83.5 Å². The first-order valence-corrected chi connectivity index (χ1v) is 15.3. The topological polar surface area (TPSA) is 0 Å². The molecule has 0 rings (SSSR count). The summed E-state index contributed by atoms with van der Waals surface area (Å²) in [4.78, 5) is 0. The maximum absolute atomic E-state index is 2.52. The highest BCUT2D eigenvalue weighted by molar-refractivity contribution is 7.75. The molecule has 0 aliphatic carbocycles. The molecule has 0 N–H and O–H groups in total. The van der Waals surface area contributed by atoms with Gasteiger partial charge in [0.15, 0.2) is 0 Å². The van der Waals surface area contributed by atoms with Gasteiger partial charge in [0, 0.05) is 0 Å². The van der Waals surface area contributed by atoms with E-state index in [0.29, 0.717) is 15.8 Å². The van der Waals surface area contributed by atoms with Crippen LogP contribution in [0.1, 0.15) is 118 Å². The summed E-state index contributed by atoms with van der Waals surface area (Å²) < 4.78 is 0. The van der Waals surface area contributed by atoms with Crippen molar-refractivity contribution in [3.05, 3.63) is 0 Å². The Morgan fingerprint density at radius 3 is 0.920 bits per heavy atom. The van der Waals surface area contributed by atoms with Crippen LogP contribution >= 0.6 is 15.8 Å². The lowest BCUT2D eigenvalue weighted by atomic mass is 10.3. The number of hydrogen-bond acceptors (Lipinski definition) is 0. The van der Waals surface area contributed by atoms with E-state index in [2.05, 4.69) is 34.6 Å². The van der Waals surface area contributed by atoms with Gasteiger partial charge in [-0.05, 0) is 62.2 Å². The minimum atomic E-state index is 0.300. The fraction of sp³-hybridized carbons (Fsp3) is 1.00.